The molecule has 2 heterocycles. The van der Waals surface area contributed by atoms with Crippen LogP contribution in [0.5, 0.6) is 11.5 Å². The molecule has 4 heteroatoms. The number of anilines is 2. The third-order valence-electron chi connectivity index (χ3n) is 6.04. The standard InChI is InChI=1S/C28H36N2O2/c1-7-19-17-27(3,4)29-25-11-9-21(15-23(19)25)31-13-14-32-22-10-12-26-24(16-22)20(8-2)18-28(5,6)30-26/h9-12,15-18,29-30H,7-8,13-14H2,1-6H3. The van der Waals surface area contributed by atoms with E-state index in [2.05, 4.69) is 88.6 Å². The van der Waals surface area contributed by atoms with Gasteiger partial charge in [-0.25, -0.2) is 0 Å². The van der Waals surface area contributed by atoms with Crippen molar-refractivity contribution in [1.82, 2.24) is 0 Å². The average molecular weight is 433 g/mol. The topological polar surface area (TPSA) is 42.5 Å². The molecule has 2 aromatic rings. The molecule has 4 rings (SSSR count). The molecule has 0 aromatic heterocycles. The summed E-state index contributed by atoms with van der Waals surface area (Å²) in [6.45, 7) is 14.2. The molecule has 0 saturated heterocycles. The minimum atomic E-state index is -0.0263. The first kappa shape index (κ1) is 22.3. The van der Waals surface area contributed by atoms with Crippen LogP contribution in [-0.4, -0.2) is 24.3 Å². The number of hydrogen-bond acceptors (Lipinski definition) is 4. The van der Waals surface area contributed by atoms with Crippen LogP contribution in [0.15, 0.2) is 48.6 Å². The Balaban J connectivity index is 1.38. The summed E-state index contributed by atoms with van der Waals surface area (Å²) in [7, 11) is 0. The molecule has 0 aliphatic carbocycles. The summed E-state index contributed by atoms with van der Waals surface area (Å²) in [6, 6.07) is 12.6. The quantitative estimate of drug-likeness (QED) is 0.456. The van der Waals surface area contributed by atoms with Gasteiger partial charge in [0.25, 0.3) is 0 Å². The summed E-state index contributed by atoms with van der Waals surface area (Å²) in [4.78, 5) is 0. The van der Waals surface area contributed by atoms with Crippen molar-refractivity contribution < 1.29 is 9.47 Å². The Labute approximate surface area is 192 Å². The number of ether oxygens (including phenoxy) is 2. The van der Waals surface area contributed by atoms with Crippen LogP contribution in [0.3, 0.4) is 0 Å². The van der Waals surface area contributed by atoms with Gasteiger partial charge in [-0.1, -0.05) is 26.0 Å². The lowest BCUT2D eigenvalue weighted by Crippen LogP contribution is -2.31. The van der Waals surface area contributed by atoms with Gasteiger partial charge >= 0.3 is 0 Å². The van der Waals surface area contributed by atoms with Gasteiger partial charge in [0, 0.05) is 22.5 Å². The molecule has 0 spiro atoms. The number of allylic oxidation sites excluding steroid dienone is 2. The third-order valence-corrected chi connectivity index (χ3v) is 6.04. The molecular weight excluding hydrogens is 396 g/mol. The average Bonchev–Trinajstić information content (AvgIpc) is 2.74. The van der Waals surface area contributed by atoms with Gasteiger partial charge in [0.1, 0.15) is 24.7 Å². The predicted molar refractivity (Wildman–Crippen MR) is 136 cm³/mol. The fourth-order valence-electron chi connectivity index (χ4n) is 4.67. The van der Waals surface area contributed by atoms with Crippen LogP contribution in [0, 0.1) is 0 Å². The highest BCUT2D eigenvalue weighted by molar-refractivity contribution is 5.82. The van der Waals surface area contributed by atoms with Crippen LogP contribution >= 0.6 is 0 Å². The molecular formula is C28H36N2O2. The predicted octanol–water partition coefficient (Wildman–Crippen LogP) is 7.14. The SMILES string of the molecule is CCC1=CC(C)(C)Nc2ccc(OCCOc3ccc4c(c3)C(CC)=CC(C)(C)N4)cc21. The molecule has 170 valence electrons. The molecule has 0 radical (unpaired) electrons. The van der Waals surface area contributed by atoms with Crippen molar-refractivity contribution in [3.05, 3.63) is 59.7 Å². The van der Waals surface area contributed by atoms with E-state index < -0.39 is 0 Å². The van der Waals surface area contributed by atoms with E-state index in [1.54, 1.807) is 0 Å². The molecule has 32 heavy (non-hydrogen) atoms. The van der Waals surface area contributed by atoms with Gasteiger partial charge in [-0.05, 0) is 88.1 Å². The summed E-state index contributed by atoms with van der Waals surface area (Å²) in [5, 5.41) is 7.18. The zero-order valence-electron chi connectivity index (χ0n) is 20.3. The molecule has 2 aromatic carbocycles. The molecule has 0 fully saturated rings. The summed E-state index contributed by atoms with van der Waals surface area (Å²) in [5.41, 5.74) is 7.46. The maximum absolute atomic E-state index is 6.02. The van der Waals surface area contributed by atoms with Crippen LogP contribution in [0.4, 0.5) is 11.4 Å². The maximum Gasteiger partial charge on any atom is 0.122 e. The molecule has 0 amide bonds. The smallest absolute Gasteiger partial charge is 0.122 e. The number of hydrogen-bond donors (Lipinski definition) is 2. The highest BCUT2D eigenvalue weighted by atomic mass is 16.5. The molecule has 2 N–H and O–H groups in total. The Morgan fingerprint density at radius 2 is 1.06 bits per heavy atom. The second-order valence-electron chi connectivity index (χ2n) is 9.85. The highest BCUT2D eigenvalue weighted by Crippen LogP contribution is 2.38. The number of rotatable bonds is 7. The minimum Gasteiger partial charge on any atom is -0.490 e. The van der Waals surface area contributed by atoms with Crippen molar-refractivity contribution in [3.63, 3.8) is 0 Å². The Morgan fingerprint density at radius 1 is 0.656 bits per heavy atom. The fourth-order valence-corrected chi connectivity index (χ4v) is 4.67. The van der Waals surface area contributed by atoms with E-state index in [0.717, 1.165) is 24.3 Å². The van der Waals surface area contributed by atoms with Crippen molar-refractivity contribution in [3.8, 4) is 11.5 Å². The van der Waals surface area contributed by atoms with Gasteiger partial charge < -0.3 is 20.1 Å². The fraction of sp³-hybridized carbons (Fsp3) is 0.429. The Morgan fingerprint density at radius 3 is 1.44 bits per heavy atom. The summed E-state index contributed by atoms with van der Waals surface area (Å²) >= 11 is 0. The maximum atomic E-state index is 6.02. The number of benzene rings is 2. The molecule has 0 saturated carbocycles. The minimum absolute atomic E-state index is 0.0263. The van der Waals surface area contributed by atoms with E-state index in [1.807, 2.05) is 12.1 Å². The lowest BCUT2D eigenvalue weighted by molar-refractivity contribution is 0.217. The van der Waals surface area contributed by atoms with Crippen molar-refractivity contribution in [2.75, 3.05) is 23.8 Å². The second kappa shape index (κ2) is 8.57. The van der Waals surface area contributed by atoms with E-state index in [4.69, 9.17) is 9.47 Å². The Kier molecular flexibility index (Phi) is 5.98. The van der Waals surface area contributed by atoms with Crippen molar-refractivity contribution in [2.24, 2.45) is 0 Å². The summed E-state index contributed by atoms with van der Waals surface area (Å²) in [5.74, 6) is 1.75. The number of fused-ring (bicyclic) bond motifs is 2. The van der Waals surface area contributed by atoms with Crippen LogP contribution in [0.2, 0.25) is 0 Å². The normalized spacial score (nSPS) is 17.7. The number of nitrogens with one attached hydrogen (secondary N) is 2. The van der Waals surface area contributed by atoms with Crippen molar-refractivity contribution in [2.45, 2.75) is 65.5 Å². The zero-order valence-corrected chi connectivity index (χ0v) is 20.3. The molecule has 0 unspecified atom stereocenters. The van der Waals surface area contributed by atoms with Crippen molar-refractivity contribution in [1.29, 1.82) is 0 Å². The highest BCUT2D eigenvalue weighted by Gasteiger charge is 2.25. The van der Waals surface area contributed by atoms with Crippen LogP contribution < -0.4 is 20.1 Å². The Hall–Kier alpha value is -2.88. The zero-order chi connectivity index (χ0) is 22.9. The van der Waals surface area contributed by atoms with Crippen LogP contribution in [0.1, 0.15) is 65.5 Å². The first-order valence-corrected chi connectivity index (χ1v) is 11.7. The van der Waals surface area contributed by atoms with E-state index in [9.17, 15) is 0 Å². The largest absolute Gasteiger partial charge is 0.490 e. The summed E-state index contributed by atoms with van der Waals surface area (Å²) < 4.78 is 12.0. The monoisotopic (exact) mass is 432 g/mol. The third kappa shape index (κ3) is 4.79. The first-order chi connectivity index (χ1) is 15.2. The Bertz CT molecular complexity index is 978. The van der Waals surface area contributed by atoms with Gasteiger partial charge in [0.2, 0.25) is 0 Å². The van der Waals surface area contributed by atoms with Crippen LogP contribution in [0.25, 0.3) is 11.1 Å². The van der Waals surface area contributed by atoms with Gasteiger partial charge in [0.05, 0.1) is 11.1 Å². The molecule has 0 atom stereocenters. The molecule has 2 aliphatic heterocycles. The van der Waals surface area contributed by atoms with Gasteiger partial charge in [-0.3, -0.25) is 0 Å². The van der Waals surface area contributed by atoms with E-state index in [-0.39, 0.29) is 11.1 Å². The first-order valence-electron chi connectivity index (χ1n) is 11.7. The van der Waals surface area contributed by atoms with Gasteiger partial charge in [-0.15, -0.1) is 0 Å². The van der Waals surface area contributed by atoms with Crippen molar-refractivity contribution >= 4 is 22.5 Å². The van der Waals surface area contributed by atoms with Gasteiger partial charge in [-0.2, -0.15) is 0 Å². The lowest BCUT2D eigenvalue weighted by atomic mass is 9.89. The molecule has 0 bridgehead atoms. The molecule has 4 nitrogen and oxygen atoms in total. The summed E-state index contributed by atoms with van der Waals surface area (Å²) in [6.07, 6.45) is 6.63. The van der Waals surface area contributed by atoms with Gasteiger partial charge in [0.15, 0.2) is 0 Å². The van der Waals surface area contributed by atoms with E-state index in [0.29, 0.717) is 13.2 Å². The second-order valence-corrected chi connectivity index (χ2v) is 9.85. The van der Waals surface area contributed by atoms with E-state index in [1.165, 1.54) is 33.6 Å². The molecule has 2 aliphatic rings. The van der Waals surface area contributed by atoms with Crippen LogP contribution in [-0.2, 0) is 0 Å². The van der Waals surface area contributed by atoms with E-state index >= 15 is 0 Å². The lowest BCUT2D eigenvalue weighted by Gasteiger charge is -2.32.